The van der Waals surface area contributed by atoms with Gasteiger partial charge in [-0.3, -0.25) is 4.90 Å². The van der Waals surface area contributed by atoms with Crippen molar-refractivity contribution in [1.29, 1.82) is 0 Å². The normalized spacial score (nSPS) is 26.1. The van der Waals surface area contributed by atoms with Crippen molar-refractivity contribution in [2.45, 2.75) is 83.0 Å². The van der Waals surface area contributed by atoms with E-state index in [2.05, 4.69) is 40.4 Å². The standard InChI is InChI=1S/C22H32FN5/c1-14(2)22-26-25-15(3)28(22)20-12-18-7-8-19(13-20)27(18)10-9-21(24)16-5-4-6-17(23)11-16/h4-6,11,14,18-21H,7-10,12-13,24H2,1-3H3/t18-,19-,21?/m0/s1. The molecule has 2 aliphatic rings. The zero-order valence-corrected chi connectivity index (χ0v) is 17.2. The maximum Gasteiger partial charge on any atom is 0.135 e. The lowest BCUT2D eigenvalue weighted by molar-refractivity contribution is 0.101. The van der Waals surface area contributed by atoms with Crippen LogP contribution in [0.3, 0.4) is 0 Å². The van der Waals surface area contributed by atoms with Crippen LogP contribution in [0.15, 0.2) is 24.3 Å². The number of piperidine rings is 1. The summed E-state index contributed by atoms with van der Waals surface area (Å²) in [6.07, 6.45) is 5.70. The number of aromatic nitrogens is 3. The van der Waals surface area contributed by atoms with Crippen molar-refractivity contribution >= 4 is 0 Å². The topological polar surface area (TPSA) is 60.0 Å². The van der Waals surface area contributed by atoms with Crippen LogP contribution in [0.1, 0.15) is 81.2 Å². The summed E-state index contributed by atoms with van der Waals surface area (Å²) < 4.78 is 15.9. The molecule has 2 fully saturated rings. The van der Waals surface area contributed by atoms with E-state index in [4.69, 9.17) is 5.73 Å². The second-order valence-corrected chi connectivity index (χ2v) is 8.83. The van der Waals surface area contributed by atoms with Crippen LogP contribution < -0.4 is 5.73 Å². The Morgan fingerprint density at radius 3 is 2.50 bits per heavy atom. The highest BCUT2D eigenvalue weighted by Crippen LogP contribution is 2.42. The van der Waals surface area contributed by atoms with Gasteiger partial charge in [-0.2, -0.15) is 0 Å². The molecule has 0 radical (unpaired) electrons. The Balaban J connectivity index is 1.41. The highest BCUT2D eigenvalue weighted by molar-refractivity contribution is 5.19. The van der Waals surface area contributed by atoms with Crippen molar-refractivity contribution in [3.63, 3.8) is 0 Å². The molecule has 2 aromatic rings. The molecule has 28 heavy (non-hydrogen) atoms. The highest BCUT2D eigenvalue weighted by Gasteiger charge is 2.42. The molecule has 4 rings (SSSR count). The summed E-state index contributed by atoms with van der Waals surface area (Å²) in [4.78, 5) is 2.66. The summed E-state index contributed by atoms with van der Waals surface area (Å²) in [6.45, 7) is 7.44. The molecule has 0 saturated carbocycles. The van der Waals surface area contributed by atoms with Crippen LogP contribution in [0.25, 0.3) is 0 Å². The smallest absolute Gasteiger partial charge is 0.135 e. The van der Waals surface area contributed by atoms with Gasteiger partial charge in [-0.25, -0.2) is 4.39 Å². The van der Waals surface area contributed by atoms with Gasteiger partial charge in [0.1, 0.15) is 17.5 Å². The van der Waals surface area contributed by atoms with Crippen molar-refractivity contribution in [3.8, 4) is 0 Å². The molecule has 1 aromatic carbocycles. The molecular formula is C22H32FN5. The highest BCUT2D eigenvalue weighted by atomic mass is 19.1. The van der Waals surface area contributed by atoms with Crippen LogP contribution in [0, 0.1) is 12.7 Å². The molecule has 6 heteroatoms. The molecule has 2 N–H and O–H groups in total. The molecule has 1 unspecified atom stereocenters. The van der Waals surface area contributed by atoms with Gasteiger partial charge in [0.2, 0.25) is 0 Å². The van der Waals surface area contributed by atoms with Gasteiger partial charge < -0.3 is 10.3 Å². The molecule has 0 aliphatic carbocycles. The van der Waals surface area contributed by atoms with Gasteiger partial charge in [0.05, 0.1) is 0 Å². The second kappa shape index (κ2) is 7.91. The van der Waals surface area contributed by atoms with Gasteiger partial charge in [-0.1, -0.05) is 26.0 Å². The molecule has 1 aromatic heterocycles. The van der Waals surface area contributed by atoms with Crippen LogP contribution in [-0.4, -0.2) is 38.3 Å². The van der Waals surface area contributed by atoms with E-state index in [0.29, 0.717) is 24.0 Å². The number of hydrogen-bond donors (Lipinski definition) is 1. The van der Waals surface area contributed by atoms with Crippen molar-refractivity contribution < 1.29 is 4.39 Å². The van der Waals surface area contributed by atoms with E-state index in [1.807, 2.05) is 6.07 Å². The fraction of sp³-hybridized carbons (Fsp3) is 0.636. The van der Waals surface area contributed by atoms with Crippen molar-refractivity contribution in [2.24, 2.45) is 5.73 Å². The van der Waals surface area contributed by atoms with Gasteiger partial charge >= 0.3 is 0 Å². The molecular weight excluding hydrogens is 353 g/mol. The van der Waals surface area contributed by atoms with Gasteiger partial charge in [-0.15, -0.1) is 10.2 Å². The Labute approximate surface area is 167 Å². The maximum atomic E-state index is 13.5. The number of hydrogen-bond acceptors (Lipinski definition) is 4. The Morgan fingerprint density at radius 2 is 1.86 bits per heavy atom. The Hall–Kier alpha value is -1.79. The predicted octanol–water partition coefficient (Wildman–Crippen LogP) is 4.11. The molecule has 2 bridgehead atoms. The van der Waals surface area contributed by atoms with Crippen LogP contribution in [0.2, 0.25) is 0 Å². The van der Waals surface area contributed by atoms with Crippen LogP contribution in [-0.2, 0) is 0 Å². The lowest BCUT2D eigenvalue weighted by Crippen LogP contribution is -2.44. The van der Waals surface area contributed by atoms with E-state index in [0.717, 1.165) is 43.0 Å². The molecule has 3 heterocycles. The molecule has 2 aliphatic heterocycles. The van der Waals surface area contributed by atoms with Crippen LogP contribution >= 0.6 is 0 Å². The third kappa shape index (κ3) is 3.72. The SMILES string of the molecule is Cc1nnc(C(C)C)n1C1C[C@@H]2CC[C@@H](C1)N2CCC(N)c1cccc(F)c1. The molecule has 0 spiro atoms. The Bertz CT molecular complexity index is 803. The number of halogens is 1. The number of aryl methyl sites for hydroxylation is 1. The summed E-state index contributed by atoms with van der Waals surface area (Å²) in [6, 6.07) is 8.30. The van der Waals surface area contributed by atoms with E-state index < -0.39 is 0 Å². The van der Waals surface area contributed by atoms with Crippen LogP contribution in [0.5, 0.6) is 0 Å². The quantitative estimate of drug-likeness (QED) is 0.813. The minimum Gasteiger partial charge on any atom is -0.324 e. The zero-order chi connectivity index (χ0) is 19.8. The third-order valence-corrected chi connectivity index (χ3v) is 6.61. The van der Waals surface area contributed by atoms with Crippen LogP contribution in [0.4, 0.5) is 4.39 Å². The summed E-state index contributed by atoms with van der Waals surface area (Å²) in [5.41, 5.74) is 7.25. The Morgan fingerprint density at radius 1 is 1.14 bits per heavy atom. The molecule has 5 nitrogen and oxygen atoms in total. The number of nitrogens with zero attached hydrogens (tertiary/aromatic N) is 4. The maximum absolute atomic E-state index is 13.5. The third-order valence-electron chi connectivity index (χ3n) is 6.61. The van der Waals surface area contributed by atoms with E-state index >= 15 is 0 Å². The second-order valence-electron chi connectivity index (χ2n) is 8.83. The van der Waals surface area contributed by atoms with Gasteiger partial charge in [0, 0.05) is 36.6 Å². The lowest BCUT2D eigenvalue weighted by Gasteiger charge is -2.40. The van der Waals surface area contributed by atoms with E-state index in [-0.39, 0.29) is 11.9 Å². The first-order valence-corrected chi connectivity index (χ1v) is 10.6. The number of fused-ring (bicyclic) bond motifs is 2. The van der Waals surface area contributed by atoms with Crippen molar-refractivity contribution in [2.75, 3.05) is 6.54 Å². The number of nitrogens with two attached hydrogens (primary N) is 1. The first-order chi connectivity index (χ1) is 13.4. The minimum absolute atomic E-state index is 0.111. The Kier molecular flexibility index (Phi) is 5.52. The summed E-state index contributed by atoms with van der Waals surface area (Å²) in [5, 5.41) is 8.79. The average Bonchev–Trinajstić information content (AvgIpc) is 3.16. The van der Waals surface area contributed by atoms with Crippen molar-refractivity contribution in [1.82, 2.24) is 19.7 Å². The summed E-state index contributed by atoms with van der Waals surface area (Å²) in [5.74, 6) is 2.33. The van der Waals surface area contributed by atoms with Gasteiger partial charge in [0.15, 0.2) is 0 Å². The first-order valence-electron chi connectivity index (χ1n) is 10.6. The zero-order valence-electron chi connectivity index (χ0n) is 17.2. The monoisotopic (exact) mass is 385 g/mol. The summed E-state index contributed by atoms with van der Waals surface area (Å²) >= 11 is 0. The molecule has 3 atom stereocenters. The lowest BCUT2D eigenvalue weighted by atomic mass is 9.95. The fourth-order valence-electron chi connectivity index (χ4n) is 5.24. The molecule has 0 amide bonds. The van der Waals surface area contributed by atoms with Gasteiger partial charge in [-0.05, 0) is 56.7 Å². The molecule has 2 saturated heterocycles. The van der Waals surface area contributed by atoms with E-state index in [1.165, 1.54) is 18.9 Å². The summed E-state index contributed by atoms with van der Waals surface area (Å²) in [7, 11) is 0. The first kappa shape index (κ1) is 19.5. The van der Waals surface area contributed by atoms with Gasteiger partial charge in [0.25, 0.3) is 0 Å². The average molecular weight is 386 g/mol. The largest absolute Gasteiger partial charge is 0.324 e. The number of benzene rings is 1. The molecule has 152 valence electrons. The van der Waals surface area contributed by atoms with E-state index in [1.54, 1.807) is 12.1 Å². The number of rotatable bonds is 6. The van der Waals surface area contributed by atoms with Crippen molar-refractivity contribution in [3.05, 3.63) is 47.3 Å². The fourth-order valence-corrected chi connectivity index (χ4v) is 5.24. The van der Waals surface area contributed by atoms with E-state index in [9.17, 15) is 4.39 Å². The minimum atomic E-state index is -0.209. The predicted molar refractivity (Wildman–Crippen MR) is 109 cm³/mol.